The average molecular weight is 411 g/mol. The highest BCUT2D eigenvalue weighted by Gasteiger charge is 2.37. The molecular formula is C22H30N6S+2. The van der Waals surface area contributed by atoms with Crippen molar-refractivity contribution in [1.82, 2.24) is 20.2 Å². The lowest BCUT2D eigenvalue weighted by molar-refractivity contribution is -1.03. The molecular weight excluding hydrogens is 380 g/mol. The van der Waals surface area contributed by atoms with E-state index in [0.29, 0.717) is 0 Å². The van der Waals surface area contributed by atoms with Gasteiger partial charge in [0.15, 0.2) is 6.04 Å². The molecule has 0 radical (unpaired) electrons. The number of hydrogen-bond donors (Lipinski definition) is 2. The van der Waals surface area contributed by atoms with Gasteiger partial charge in [0, 0.05) is 10.4 Å². The second-order valence-corrected chi connectivity index (χ2v) is 9.45. The van der Waals surface area contributed by atoms with Crippen LogP contribution in [0.5, 0.6) is 0 Å². The van der Waals surface area contributed by atoms with E-state index in [1.54, 1.807) is 16.2 Å². The van der Waals surface area contributed by atoms with Crippen LogP contribution in [0.1, 0.15) is 48.0 Å². The number of thiophene rings is 1. The number of piperazine rings is 1. The van der Waals surface area contributed by atoms with Gasteiger partial charge in [-0.05, 0) is 47.6 Å². The van der Waals surface area contributed by atoms with Crippen LogP contribution >= 0.6 is 11.3 Å². The van der Waals surface area contributed by atoms with Crippen LogP contribution in [-0.4, -0.2) is 52.4 Å². The fourth-order valence-corrected chi connectivity index (χ4v) is 5.90. The predicted octanol–water partition coefficient (Wildman–Crippen LogP) is 0.598. The number of tetrazole rings is 1. The van der Waals surface area contributed by atoms with E-state index < -0.39 is 0 Å². The van der Waals surface area contributed by atoms with Gasteiger partial charge in [-0.3, -0.25) is 0 Å². The van der Waals surface area contributed by atoms with Crippen molar-refractivity contribution in [1.29, 1.82) is 0 Å². The normalized spacial score (nSPS) is 24.0. The second kappa shape index (κ2) is 8.73. The van der Waals surface area contributed by atoms with Gasteiger partial charge < -0.3 is 9.80 Å². The highest BCUT2D eigenvalue weighted by Crippen LogP contribution is 2.19. The molecule has 3 aromatic rings. The van der Waals surface area contributed by atoms with Crippen LogP contribution < -0.4 is 9.80 Å². The van der Waals surface area contributed by atoms with Crippen LogP contribution in [-0.2, 0) is 6.54 Å². The van der Waals surface area contributed by atoms with Crippen molar-refractivity contribution in [3.63, 3.8) is 0 Å². The van der Waals surface area contributed by atoms with Crippen LogP contribution in [0.15, 0.2) is 47.8 Å². The van der Waals surface area contributed by atoms with Crippen molar-refractivity contribution in [2.24, 2.45) is 0 Å². The molecule has 1 aromatic carbocycles. The number of nitrogens with one attached hydrogen (secondary N) is 2. The zero-order chi connectivity index (χ0) is 19.5. The van der Waals surface area contributed by atoms with Crippen molar-refractivity contribution in [3.05, 3.63) is 64.1 Å². The maximum Gasteiger partial charge on any atom is 0.214 e. The summed E-state index contributed by atoms with van der Waals surface area (Å²) < 4.78 is 2.01. The van der Waals surface area contributed by atoms with Crippen LogP contribution in [0.2, 0.25) is 0 Å². The third-order valence-corrected chi connectivity index (χ3v) is 7.57. The standard InChI is InChI=1S/C22H28N6S/c1-2-7-18(8-3-1)21(22-23-24-25-28(22)17-20-11-6-16-29-20)27-14-12-26(13-15-27)19-9-4-5-10-19/h1-3,6-8,11,16,19,21H,4-5,9-10,12-15,17H2/p+2/t21-/m1/s1. The molecule has 1 aliphatic heterocycles. The molecule has 152 valence electrons. The maximum absolute atomic E-state index is 4.52. The van der Waals surface area contributed by atoms with Gasteiger partial charge in [-0.1, -0.05) is 36.4 Å². The van der Waals surface area contributed by atoms with Gasteiger partial charge in [-0.2, -0.15) is 0 Å². The molecule has 7 heteroatoms. The minimum absolute atomic E-state index is 0.191. The molecule has 5 rings (SSSR count). The van der Waals surface area contributed by atoms with Crippen LogP contribution in [0, 0.1) is 0 Å². The van der Waals surface area contributed by atoms with Crippen LogP contribution in [0.25, 0.3) is 0 Å². The van der Waals surface area contributed by atoms with Gasteiger partial charge in [0.25, 0.3) is 0 Å². The number of nitrogens with zero attached hydrogens (tertiary/aromatic N) is 4. The van der Waals surface area contributed by atoms with E-state index in [-0.39, 0.29) is 6.04 Å². The zero-order valence-corrected chi connectivity index (χ0v) is 17.7. The van der Waals surface area contributed by atoms with Gasteiger partial charge in [-0.25, -0.2) is 4.68 Å². The summed E-state index contributed by atoms with van der Waals surface area (Å²) in [5.41, 5.74) is 1.31. The Morgan fingerprint density at radius 3 is 2.52 bits per heavy atom. The van der Waals surface area contributed by atoms with Crippen LogP contribution in [0.4, 0.5) is 0 Å². The fraction of sp³-hybridized carbons (Fsp3) is 0.500. The summed E-state index contributed by atoms with van der Waals surface area (Å²) in [5.74, 6) is 0.990. The summed E-state index contributed by atoms with van der Waals surface area (Å²) >= 11 is 1.76. The number of rotatable bonds is 6. The van der Waals surface area contributed by atoms with Crippen molar-refractivity contribution in [3.8, 4) is 0 Å². The quantitative estimate of drug-likeness (QED) is 0.626. The molecule has 1 aliphatic carbocycles. The first-order valence-corrected chi connectivity index (χ1v) is 11.8. The van der Waals surface area contributed by atoms with Crippen molar-refractivity contribution < 1.29 is 9.80 Å². The zero-order valence-electron chi connectivity index (χ0n) is 16.8. The molecule has 0 spiro atoms. The average Bonchev–Trinajstić information content (AvgIpc) is 3.54. The molecule has 0 unspecified atom stereocenters. The second-order valence-electron chi connectivity index (χ2n) is 8.42. The molecule has 1 saturated heterocycles. The Kier molecular flexibility index (Phi) is 5.69. The summed E-state index contributed by atoms with van der Waals surface area (Å²) in [5, 5.41) is 15.1. The molecule has 0 amide bonds. The molecule has 2 aliphatic rings. The fourth-order valence-electron chi connectivity index (χ4n) is 5.22. The highest BCUT2D eigenvalue weighted by atomic mass is 32.1. The molecule has 0 bridgehead atoms. The van der Waals surface area contributed by atoms with Gasteiger partial charge in [-0.15, -0.1) is 16.4 Å². The minimum Gasteiger partial charge on any atom is -0.323 e. The number of quaternary nitrogens is 2. The molecule has 2 fully saturated rings. The summed E-state index contributed by atoms with van der Waals surface area (Å²) in [6.07, 6.45) is 5.70. The lowest BCUT2D eigenvalue weighted by Crippen LogP contribution is -3.29. The van der Waals surface area contributed by atoms with E-state index in [4.69, 9.17) is 0 Å². The number of aromatic nitrogens is 4. The summed E-state index contributed by atoms with van der Waals surface area (Å²) in [6, 6.07) is 16.2. The molecule has 2 aromatic heterocycles. The van der Waals surface area contributed by atoms with Gasteiger partial charge in [0.2, 0.25) is 5.82 Å². The van der Waals surface area contributed by atoms with Gasteiger partial charge in [0.05, 0.1) is 12.6 Å². The van der Waals surface area contributed by atoms with E-state index in [9.17, 15) is 0 Å². The van der Waals surface area contributed by atoms with Crippen molar-refractivity contribution in [2.45, 2.75) is 44.3 Å². The summed E-state index contributed by atoms with van der Waals surface area (Å²) in [6.45, 7) is 5.62. The molecule has 1 saturated carbocycles. The molecule has 3 heterocycles. The third-order valence-electron chi connectivity index (χ3n) is 6.71. The Morgan fingerprint density at radius 2 is 1.79 bits per heavy atom. The Bertz CT molecular complexity index is 879. The Labute approximate surface area is 176 Å². The van der Waals surface area contributed by atoms with E-state index in [1.165, 1.54) is 62.3 Å². The van der Waals surface area contributed by atoms with Crippen molar-refractivity contribution >= 4 is 11.3 Å². The topological polar surface area (TPSA) is 52.5 Å². The monoisotopic (exact) mass is 410 g/mol. The van der Waals surface area contributed by atoms with E-state index in [1.807, 2.05) is 9.58 Å². The number of hydrogen-bond acceptors (Lipinski definition) is 4. The lowest BCUT2D eigenvalue weighted by atomic mass is 10.0. The lowest BCUT2D eigenvalue weighted by Gasteiger charge is -2.36. The Balaban J connectivity index is 1.39. The molecule has 1 atom stereocenters. The minimum atomic E-state index is 0.191. The first kappa shape index (κ1) is 18.9. The smallest absolute Gasteiger partial charge is 0.214 e. The van der Waals surface area contributed by atoms with E-state index in [2.05, 4.69) is 63.4 Å². The van der Waals surface area contributed by atoms with E-state index in [0.717, 1.165) is 18.4 Å². The SMILES string of the molecule is c1ccc([C@H](c2nnnn2Cc2cccs2)[NH+]2CC[NH+](C3CCCC3)CC2)cc1. The molecule has 29 heavy (non-hydrogen) atoms. The van der Waals surface area contributed by atoms with Crippen LogP contribution in [0.3, 0.4) is 0 Å². The largest absolute Gasteiger partial charge is 0.323 e. The van der Waals surface area contributed by atoms with Crippen molar-refractivity contribution in [2.75, 3.05) is 26.2 Å². The highest BCUT2D eigenvalue weighted by molar-refractivity contribution is 7.09. The first-order chi connectivity index (χ1) is 14.4. The molecule has 2 N–H and O–H groups in total. The number of benzene rings is 1. The summed E-state index contributed by atoms with van der Waals surface area (Å²) in [4.78, 5) is 4.72. The predicted molar refractivity (Wildman–Crippen MR) is 113 cm³/mol. The molecule has 6 nitrogen and oxygen atoms in total. The van der Waals surface area contributed by atoms with Gasteiger partial charge >= 0.3 is 0 Å². The van der Waals surface area contributed by atoms with E-state index >= 15 is 0 Å². The maximum atomic E-state index is 4.52. The first-order valence-electron chi connectivity index (χ1n) is 10.9. The summed E-state index contributed by atoms with van der Waals surface area (Å²) in [7, 11) is 0. The Hall–Kier alpha value is -2.09. The Morgan fingerprint density at radius 1 is 1.00 bits per heavy atom. The third kappa shape index (κ3) is 4.13. The van der Waals surface area contributed by atoms with Gasteiger partial charge in [0.1, 0.15) is 26.2 Å².